The quantitative estimate of drug-likeness (QED) is 0.603. The first kappa shape index (κ1) is 22.1. The summed E-state index contributed by atoms with van der Waals surface area (Å²) in [5.41, 5.74) is 1.31. The van der Waals surface area contributed by atoms with Crippen LogP contribution in [0.15, 0.2) is 36.4 Å². The molecule has 9 heteroatoms. The van der Waals surface area contributed by atoms with Crippen molar-refractivity contribution in [3.05, 3.63) is 64.0 Å². The highest BCUT2D eigenvalue weighted by Gasteiger charge is 2.37. The van der Waals surface area contributed by atoms with Crippen molar-refractivity contribution in [3.8, 4) is 0 Å². The molecule has 0 bridgehead atoms. The maximum atomic E-state index is 13.2. The second-order valence-corrected chi connectivity index (χ2v) is 7.46. The van der Waals surface area contributed by atoms with Gasteiger partial charge in [-0.15, -0.1) is 5.10 Å². The molecule has 0 aliphatic carbocycles. The number of amides is 1. The van der Waals surface area contributed by atoms with Crippen LogP contribution in [0.3, 0.4) is 0 Å². The number of hydrogen-bond donors (Lipinski definition) is 0. The van der Waals surface area contributed by atoms with E-state index in [1.54, 1.807) is 4.68 Å². The Morgan fingerprint density at radius 2 is 2.10 bits per heavy atom. The molecule has 0 fully saturated rings. The predicted octanol–water partition coefficient (Wildman–Crippen LogP) is 5.36. The normalized spacial score (nSPS) is 17.5. The Hall–Kier alpha value is -2.61. The molecule has 1 aliphatic rings. The fourth-order valence-corrected chi connectivity index (χ4v) is 3.80. The van der Waals surface area contributed by atoms with E-state index >= 15 is 0 Å². The Labute approximate surface area is 177 Å². The van der Waals surface area contributed by atoms with E-state index in [-0.39, 0.29) is 18.2 Å². The van der Waals surface area contributed by atoms with E-state index in [0.29, 0.717) is 12.1 Å². The Balaban J connectivity index is 1.93. The lowest BCUT2D eigenvalue weighted by Crippen LogP contribution is -2.43. The average molecular weight is 439 g/mol. The maximum absolute atomic E-state index is 13.2. The van der Waals surface area contributed by atoms with E-state index in [4.69, 9.17) is 11.6 Å². The van der Waals surface area contributed by atoms with Gasteiger partial charge in [0.05, 0.1) is 28.4 Å². The number of benzene rings is 1. The molecular weight excluding hydrogens is 417 g/mol. The number of halogens is 4. The molecule has 0 saturated carbocycles. The number of nitrogens with zero attached hydrogens (tertiary/aromatic N) is 4. The van der Waals surface area contributed by atoms with Gasteiger partial charge in [0.1, 0.15) is 5.69 Å². The molecule has 0 spiro atoms. The van der Waals surface area contributed by atoms with Crippen LogP contribution in [0.2, 0.25) is 5.02 Å². The number of aromatic nitrogens is 3. The number of allylic oxidation sites excluding steroid dienone is 4. The molecule has 0 saturated heterocycles. The van der Waals surface area contributed by atoms with Crippen molar-refractivity contribution < 1.29 is 18.0 Å². The van der Waals surface area contributed by atoms with Crippen LogP contribution in [0.1, 0.15) is 54.5 Å². The van der Waals surface area contributed by atoms with Crippen LogP contribution in [0.4, 0.5) is 13.2 Å². The van der Waals surface area contributed by atoms with Gasteiger partial charge in [-0.1, -0.05) is 42.0 Å². The van der Waals surface area contributed by atoms with Gasteiger partial charge >= 0.3 is 6.18 Å². The number of carbonyl (C=O) groups excluding carboxylic acids is 1. The summed E-state index contributed by atoms with van der Waals surface area (Å²) in [6.45, 7) is 5.94. The first-order chi connectivity index (χ1) is 14.2. The van der Waals surface area contributed by atoms with Gasteiger partial charge in [-0.2, -0.15) is 13.2 Å². The summed E-state index contributed by atoms with van der Waals surface area (Å²) < 4.78 is 41.3. The summed E-state index contributed by atoms with van der Waals surface area (Å²) in [5.74, 6) is -0.557. The van der Waals surface area contributed by atoms with Crippen LogP contribution in [-0.2, 0) is 19.1 Å². The molecule has 2 aromatic rings. The summed E-state index contributed by atoms with van der Waals surface area (Å²) in [6, 6.07) is 3.12. The molecule has 5 nitrogen and oxygen atoms in total. The second-order valence-electron chi connectivity index (χ2n) is 7.08. The lowest BCUT2D eigenvalue weighted by Gasteiger charge is -2.33. The highest BCUT2D eigenvalue weighted by molar-refractivity contribution is 6.34. The van der Waals surface area contributed by atoms with Gasteiger partial charge in [0.25, 0.3) is 5.91 Å². The molecule has 1 aromatic carbocycles. The van der Waals surface area contributed by atoms with Crippen LogP contribution in [-0.4, -0.2) is 31.8 Å². The Morgan fingerprint density at radius 1 is 1.37 bits per heavy atom. The van der Waals surface area contributed by atoms with Crippen molar-refractivity contribution in [1.29, 1.82) is 0 Å². The van der Waals surface area contributed by atoms with E-state index in [9.17, 15) is 18.0 Å². The Morgan fingerprint density at radius 3 is 2.73 bits per heavy atom. The summed E-state index contributed by atoms with van der Waals surface area (Å²) in [4.78, 5) is 14.5. The van der Waals surface area contributed by atoms with Crippen molar-refractivity contribution in [1.82, 2.24) is 19.9 Å². The molecule has 3 rings (SSSR count). The molecule has 0 radical (unpaired) electrons. The van der Waals surface area contributed by atoms with Crippen LogP contribution < -0.4 is 0 Å². The number of rotatable bonds is 4. The predicted molar refractivity (Wildman–Crippen MR) is 109 cm³/mol. The van der Waals surface area contributed by atoms with Crippen molar-refractivity contribution in [2.75, 3.05) is 0 Å². The third-order valence-electron chi connectivity index (χ3n) is 5.10. The average Bonchev–Trinajstić information content (AvgIpc) is 3.09. The highest BCUT2D eigenvalue weighted by Crippen LogP contribution is 2.37. The second kappa shape index (κ2) is 8.63. The third kappa shape index (κ3) is 4.14. The van der Waals surface area contributed by atoms with Crippen LogP contribution in [0.25, 0.3) is 5.70 Å². The Kier molecular flexibility index (Phi) is 6.36. The van der Waals surface area contributed by atoms with E-state index < -0.39 is 22.7 Å². The number of carbonyl (C=O) groups is 1. The summed E-state index contributed by atoms with van der Waals surface area (Å²) in [5, 5.41) is 7.87. The molecular formula is C21H22ClF3N4O. The van der Waals surface area contributed by atoms with Crippen LogP contribution in [0, 0.1) is 0 Å². The fourth-order valence-electron chi connectivity index (χ4n) is 3.49. The third-order valence-corrected chi connectivity index (χ3v) is 5.50. The van der Waals surface area contributed by atoms with Gasteiger partial charge in [0.2, 0.25) is 0 Å². The van der Waals surface area contributed by atoms with Gasteiger partial charge in [0, 0.05) is 18.2 Å². The van der Waals surface area contributed by atoms with Crippen molar-refractivity contribution in [2.45, 2.75) is 52.4 Å². The van der Waals surface area contributed by atoms with Gasteiger partial charge in [-0.25, -0.2) is 4.68 Å². The molecule has 2 heterocycles. The zero-order chi connectivity index (χ0) is 22.1. The SMILES string of the molecule is CC=CC=C(CC)n1nnc2c1CC(C)N(C(=O)c1cccc(C(F)(F)F)c1Cl)C2. The number of alkyl halides is 3. The maximum Gasteiger partial charge on any atom is 0.417 e. The molecule has 1 unspecified atom stereocenters. The van der Waals surface area contributed by atoms with Gasteiger partial charge < -0.3 is 4.90 Å². The van der Waals surface area contributed by atoms with E-state index in [0.717, 1.165) is 23.9 Å². The molecule has 0 N–H and O–H groups in total. The van der Waals surface area contributed by atoms with Crippen molar-refractivity contribution in [3.63, 3.8) is 0 Å². The summed E-state index contributed by atoms with van der Waals surface area (Å²) in [7, 11) is 0. The smallest absolute Gasteiger partial charge is 0.329 e. The standard InChI is InChI=1S/C21H22ClF3N4O/c1-4-6-8-14(5-2)29-18-11-13(3)28(12-17(18)26-27-29)20(30)15-9-7-10-16(19(15)22)21(23,24)25/h4,6-10,13H,5,11-12H2,1-3H3. The first-order valence-electron chi connectivity index (χ1n) is 9.61. The van der Waals surface area contributed by atoms with Crippen LogP contribution >= 0.6 is 11.6 Å². The van der Waals surface area contributed by atoms with E-state index in [1.807, 2.05) is 39.0 Å². The lowest BCUT2D eigenvalue weighted by atomic mass is 10.0. The highest BCUT2D eigenvalue weighted by atomic mass is 35.5. The van der Waals surface area contributed by atoms with Crippen LogP contribution in [0.5, 0.6) is 0 Å². The topological polar surface area (TPSA) is 51.0 Å². The molecule has 1 amide bonds. The van der Waals surface area contributed by atoms with Crippen molar-refractivity contribution in [2.24, 2.45) is 0 Å². The minimum Gasteiger partial charge on any atom is -0.329 e. The monoisotopic (exact) mass is 438 g/mol. The summed E-state index contributed by atoms with van der Waals surface area (Å²) in [6.07, 6.45) is 2.40. The molecule has 1 aliphatic heterocycles. The van der Waals surface area contributed by atoms with E-state index in [1.165, 1.54) is 17.0 Å². The number of fused-ring (bicyclic) bond motifs is 1. The van der Waals surface area contributed by atoms with Gasteiger partial charge in [-0.3, -0.25) is 4.79 Å². The Bertz CT molecular complexity index is 1010. The van der Waals surface area contributed by atoms with Gasteiger partial charge in [0.15, 0.2) is 0 Å². The molecule has 1 aromatic heterocycles. The molecule has 1 atom stereocenters. The zero-order valence-electron chi connectivity index (χ0n) is 16.9. The van der Waals surface area contributed by atoms with Gasteiger partial charge in [-0.05, 0) is 38.5 Å². The first-order valence-corrected chi connectivity index (χ1v) is 9.99. The lowest BCUT2D eigenvalue weighted by molar-refractivity contribution is -0.137. The fraction of sp³-hybridized carbons (Fsp3) is 0.381. The molecule has 30 heavy (non-hydrogen) atoms. The van der Waals surface area contributed by atoms with Crippen molar-refractivity contribution >= 4 is 23.2 Å². The summed E-state index contributed by atoms with van der Waals surface area (Å²) >= 11 is 5.95. The number of hydrogen-bond acceptors (Lipinski definition) is 3. The van der Waals surface area contributed by atoms with E-state index in [2.05, 4.69) is 10.3 Å². The minimum atomic E-state index is -4.63. The zero-order valence-corrected chi connectivity index (χ0v) is 17.6. The molecule has 160 valence electrons. The largest absolute Gasteiger partial charge is 0.417 e. The minimum absolute atomic E-state index is 0.155.